The molecule has 1 aromatic carbocycles. The highest BCUT2D eigenvalue weighted by molar-refractivity contribution is 5.85. The average Bonchev–Trinajstić information content (AvgIpc) is 2.66. The lowest BCUT2D eigenvalue weighted by molar-refractivity contribution is -0.128. The van der Waals surface area contributed by atoms with Crippen LogP contribution in [0.15, 0.2) is 24.3 Å². The molecule has 1 fully saturated rings. The van der Waals surface area contributed by atoms with Crippen LogP contribution in [-0.2, 0) is 17.9 Å². The van der Waals surface area contributed by atoms with Gasteiger partial charge in [0.1, 0.15) is 0 Å². The summed E-state index contributed by atoms with van der Waals surface area (Å²) in [5.41, 5.74) is 7.83. The summed E-state index contributed by atoms with van der Waals surface area (Å²) in [5, 5.41) is 0. The Morgan fingerprint density at radius 2 is 1.81 bits per heavy atom. The second-order valence-electron chi connectivity index (χ2n) is 3.94. The average molecular weight is 241 g/mol. The van der Waals surface area contributed by atoms with E-state index in [1.165, 1.54) is 5.56 Å². The van der Waals surface area contributed by atoms with Crippen LogP contribution in [0.25, 0.3) is 0 Å². The summed E-state index contributed by atoms with van der Waals surface area (Å²) >= 11 is 0. The minimum Gasteiger partial charge on any atom is -0.338 e. The SMILES string of the molecule is Cl.NCc1ccc(CN2CCCC2=O)cc1. The lowest BCUT2D eigenvalue weighted by atomic mass is 10.1. The summed E-state index contributed by atoms with van der Waals surface area (Å²) in [6.45, 7) is 2.21. The molecule has 1 amide bonds. The van der Waals surface area contributed by atoms with Crippen LogP contribution in [0.1, 0.15) is 24.0 Å². The van der Waals surface area contributed by atoms with E-state index >= 15 is 0 Å². The Bertz CT molecular complexity index is 351. The van der Waals surface area contributed by atoms with Gasteiger partial charge >= 0.3 is 0 Å². The third kappa shape index (κ3) is 2.97. The lowest BCUT2D eigenvalue weighted by Crippen LogP contribution is -2.23. The fourth-order valence-corrected chi connectivity index (χ4v) is 1.87. The summed E-state index contributed by atoms with van der Waals surface area (Å²) in [6.07, 6.45) is 1.71. The fourth-order valence-electron chi connectivity index (χ4n) is 1.87. The van der Waals surface area contributed by atoms with Crippen LogP contribution in [0.5, 0.6) is 0 Å². The summed E-state index contributed by atoms with van der Waals surface area (Å²) in [5.74, 6) is 0.276. The highest BCUT2D eigenvalue weighted by Gasteiger charge is 2.19. The maximum absolute atomic E-state index is 11.4. The Kier molecular flexibility index (Phi) is 4.77. The Hall–Kier alpha value is -1.06. The number of carbonyl (C=O) groups is 1. The molecule has 1 heterocycles. The summed E-state index contributed by atoms with van der Waals surface area (Å²) < 4.78 is 0. The Morgan fingerprint density at radius 1 is 1.19 bits per heavy atom. The number of halogens is 1. The minimum absolute atomic E-state index is 0. The molecule has 0 aliphatic carbocycles. The first-order chi connectivity index (χ1) is 7.29. The predicted octanol–water partition coefficient (Wildman–Crippen LogP) is 1.69. The standard InChI is InChI=1S/C12H16N2O.ClH/c13-8-10-3-5-11(6-4-10)9-14-7-1-2-12(14)15;/h3-6H,1-2,7-9,13H2;1H. The molecular formula is C12H17ClN2O. The van der Waals surface area contributed by atoms with Gasteiger partial charge in [0.15, 0.2) is 0 Å². The van der Waals surface area contributed by atoms with Gasteiger partial charge in [-0.3, -0.25) is 4.79 Å². The van der Waals surface area contributed by atoms with E-state index in [0.29, 0.717) is 13.0 Å². The second kappa shape index (κ2) is 5.87. The van der Waals surface area contributed by atoms with E-state index in [4.69, 9.17) is 5.73 Å². The fraction of sp³-hybridized carbons (Fsp3) is 0.417. The number of hydrogen-bond donors (Lipinski definition) is 1. The molecule has 1 saturated heterocycles. The number of likely N-dealkylation sites (tertiary alicyclic amines) is 1. The van der Waals surface area contributed by atoms with Crippen LogP contribution in [0.2, 0.25) is 0 Å². The molecule has 0 spiro atoms. The first kappa shape index (κ1) is 13.0. The van der Waals surface area contributed by atoms with Crippen LogP contribution < -0.4 is 5.73 Å². The van der Waals surface area contributed by atoms with Crippen molar-refractivity contribution in [2.75, 3.05) is 6.54 Å². The number of rotatable bonds is 3. The van der Waals surface area contributed by atoms with Crippen LogP contribution in [0, 0.1) is 0 Å². The van der Waals surface area contributed by atoms with Gasteiger partial charge in [-0.05, 0) is 17.5 Å². The van der Waals surface area contributed by atoms with Crippen molar-refractivity contribution in [1.82, 2.24) is 4.90 Å². The van der Waals surface area contributed by atoms with Gasteiger partial charge in [0, 0.05) is 26.1 Å². The molecule has 2 N–H and O–H groups in total. The smallest absolute Gasteiger partial charge is 0.222 e. The first-order valence-electron chi connectivity index (χ1n) is 5.35. The zero-order valence-corrected chi connectivity index (χ0v) is 10.0. The molecule has 16 heavy (non-hydrogen) atoms. The molecule has 0 bridgehead atoms. The molecule has 1 aliphatic rings. The largest absolute Gasteiger partial charge is 0.338 e. The van der Waals surface area contributed by atoms with Crippen molar-refractivity contribution in [2.24, 2.45) is 5.73 Å². The van der Waals surface area contributed by atoms with Crippen molar-refractivity contribution in [3.63, 3.8) is 0 Å². The Balaban J connectivity index is 0.00000128. The third-order valence-corrected chi connectivity index (χ3v) is 2.80. The lowest BCUT2D eigenvalue weighted by Gasteiger charge is -2.15. The summed E-state index contributed by atoms with van der Waals surface area (Å²) in [4.78, 5) is 13.3. The van der Waals surface area contributed by atoms with Crippen molar-refractivity contribution >= 4 is 18.3 Å². The van der Waals surface area contributed by atoms with Gasteiger partial charge in [-0.2, -0.15) is 0 Å². The number of hydrogen-bond acceptors (Lipinski definition) is 2. The highest BCUT2D eigenvalue weighted by atomic mass is 35.5. The molecule has 0 saturated carbocycles. The quantitative estimate of drug-likeness (QED) is 0.874. The van der Waals surface area contributed by atoms with Crippen molar-refractivity contribution in [3.8, 4) is 0 Å². The van der Waals surface area contributed by atoms with Gasteiger partial charge in [0.05, 0.1) is 0 Å². The van der Waals surface area contributed by atoms with Crippen molar-refractivity contribution in [2.45, 2.75) is 25.9 Å². The number of benzene rings is 1. The molecule has 3 nitrogen and oxygen atoms in total. The Labute approximate surface area is 102 Å². The van der Waals surface area contributed by atoms with Gasteiger partial charge in [0.2, 0.25) is 5.91 Å². The monoisotopic (exact) mass is 240 g/mol. The zero-order valence-electron chi connectivity index (χ0n) is 9.19. The molecule has 0 atom stereocenters. The van der Waals surface area contributed by atoms with Gasteiger partial charge in [-0.25, -0.2) is 0 Å². The van der Waals surface area contributed by atoms with Gasteiger partial charge in [0.25, 0.3) is 0 Å². The molecule has 2 rings (SSSR count). The molecule has 1 aromatic rings. The van der Waals surface area contributed by atoms with E-state index in [1.54, 1.807) is 0 Å². The number of nitrogens with zero attached hydrogens (tertiary/aromatic N) is 1. The number of nitrogens with two attached hydrogens (primary N) is 1. The number of amides is 1. The van der Waals surface area contributed by atoms with Crippen LogP contribution in [0.3, 0.4) is 0 Å². The van der Waals surface area contributed by atoms with Crippen molar-refractivity contribution in [1.29, 1.82) is 0 Å². The molecule has 4 heteroatoms. The maximum atomic E-state index is 11.4. The van der Waals surface area contributed by atoms with E-state index in [-0.39, 0.29) is 18.3 Å². The third-order valence-electron chi connectivity index (χ3n) is 2.80. The summed E-state index contributed by atoms with van der Waals surface area (Å²) in [7, 11) is 0. The molecule has 0 unspecified atom stereocenters. The molecule has 0 radical (unpaired) electrons. The minimum atomic E-state index is 0. The first-order valence-corrected chi connectivity index (χ1v) is 5.35. The second-order valence-corrected chi connectivity index (χ2v) is 3.94. The normalized spacial score (nSPS) is 15.1. The molecule has 0 aromatic heterocycles. The maximum Gasteiger partial charge on any atom is 0.222 e. The van der Waals surface area contributed by atoms with Crippen molar-refractivity contribution in [3.05, 3.63) is 35.4 Å². The van der Waals surface area contributed by atoms with Gasteiger partial charge in [-0.15, -0.1) is 12.4 Å². The van der Waals surface area contributed by atoms with E-state index in [1.807, 2.05) is 29.2 Å². The highest BCUT2D eigenvalue weighted by Crippen LogP contribution is 2.14. The van der Waals surface area contributed by atoms with Crippen LogP contribution in [0.4, 0.5) is 0 Å². The van der Waals surface area contributed by atoms with Gasteiger partial charge in [-0.1, -0.05) is 24.3 Å². The molecule has 1 aliphatic heterocycles. The van der Waals surface area contributed by atoms with E-state index < -0.39 is 0 Å². The predicted molar refractivity (Wildman–Crippen MR) is 66.2 cm³/mol. The van der Waals surface area contributed by atoms with Crippen LogP contribution >= 0.6 is 12.4 Å². The molecule has 88 valence electrons. The summed E-state index contributed by atoms with van der Waals surface area (Å²) in [6, 6.07) is 8.15. The van der Waals surface area contributed by atoms with E-state index in [2.05, 4.69) is 0 Å². The Morgan fingerprint density at radius 3 is 2.31 bits per heavy atom. The van der Waals surface area contributed by atoms with Crippen molar-refractivity contribution < 1.29 is 4.79 Å². The topological polar surface area (TPSA) is 46.3 Å². The van der Waals surface area contributed by atoms with E-state index in [9.17, 15) is 4.79 Å². The van der Waals surface area contributed by atoms with Gasteiger partial charge < -0.3 is 10.6 Å². The van der Waals surface area contributed by atoms with E-state index in [0.717, 1.165) is 25.1 Å². The van der Waals surface area contributed by atoms with Crippen LogP contribution in [-0.4, -0.2) is 17.4 Å². The zero-order chi connectivity index (χ0) is 10.7. The molecular weight excluding hydrogens is 224 g/mol. The number of carbonyl (C=O) groups excluding carboxylic acids is 1.